The first kappa shape index (κ1) is 15.6. The second-order valence-electron chi connectivity index (χ2n) is 5.50. The van der Waals surface area contributed by atoms with E-state index in [4.69, 9.17) is 9.84 Å². The third-order valence-electron chi connectivity index (χ3n) is 3.90. The molecule has 21 heavy (non-hydrogen) atoms. The summed E-state index contributed by atoms with van der Waals surface area (Å²) in [5.74, 6) is 0.829. The molecule has 0 bridgehead atoms. The number of ether oxygens (including phenoxy) is 1. The first-order valence-electron chi connectivity index (χ1n) is 7.48. The number of amides is 1. The number of fused-ring (bicyclic) bond motifs is 1. The molecule has 5 heteroatoms. The lowest BCUT2D eigenvalue weighted by Crippen LogP contribution is -2.42. The van der Waals surface area contributed by atoms with Gasteiger partial charge in [-0.05, 0) is 56.4 Å². The standard InChI is InChI=1S/C16H24N2O3/c1-11-16(20)18-13(4-3-9-19)6-5-12-10-14(21-2)7-8-15(12)17-11/h7-8,10-11,13,17,19H,3-6,9H2,1-2H3,(H,18,20). The molecule has 0 saturated heterocycles. The van der Waals surface area contributed by atoms with Gasteiger partial charge in [0.15, 0.2) is 0 Å². The molecule has 1 aliphatic rings. The highest BCUT2D eigenvalue weighted by Crippen LogP contribution is 2.26. The van der Waals surface area contributed by atoms with Crippen molar-refractivity contribution in [3.05, 3.63) is 23.8 Å². The summed E-state index contributed by atoms with van der Waals surface area (Å²) in [6, 6.07) is 5.70. The zero-order valence-electron chi connectivity index (χ0n) is 12.7. The Morgan fingerprint density at radius 1 is 1.38 bits per heavy atom. The van der Waals surface area contributed by atoms with Gasteiger partial charge in [0.1, 0.15) is 11.8 Å². The summed E-state index contributed by atoms with van der Waals surface area (Å²) < 4.78 is 5.28. The van der Waals surface area contributed by atoms with Crippen LogP contribution in [0.3, 0.4) is 0 Å². The number of methoxy groups -OCH3 is 1. The first-order chi connectivity index (χ1) is 10.1. The lowest BCUT2D eigenvalue weighted by Gasteiger charge is -2.19. The summed E-state index contributed by atoms with van der Waals surface area (Å²) in [5.41, 5.74) is 2.15. The van der Waals surface area contributed by atoms with Gasteiger partial charge in [-0.1, -0.05) is 0 Å². The summed E-state index contributed by atoms with van der Waals surface area (Å²) in [4.78, 5) is 12.2. The molecule has 0 saturated carbocycles. The Balaban J connectivity index is 2.21. The van der Waals surface area contributed by atoms with E-state index < -0.39 is 0 Å². The highest BCUT2D eigenvalue weighted by Gasteiger charge is 2.21. The van der Waals surface area contributed by atoms with Crippen molar-refractivity contribution < 1.29 is 14.6 Å². The van der Waals surface area contributed by atoms with Crippen molar-refractivity contribution in [1.29, 1.82) is 0 Å². The number of rotatable bonds is 4. The fraction of sp³-hybridized carbons (Fsp3) is 0.562. The van der Waals surface area contributed by atoms with Gasteiger partial charge in [0.2, 0.25) is 5.91 Å². The number of hydrogen-bond acceptors (Lipinski definition) is 4. The van der Waals surface area contributed by atoms with E-state index in [0.717, 1.165) is 36.3 Å². The summed E-state index contributed by atoms with van der Waals surface area (Å²) in [5, 5.41) is 15.3. The van der Waals surface area contributed by atoms with Crippen LogP contribution in [0.4, 0.5) is 5.69 Å². The summed E-state index contributed by atoms with van der Waals surface area (Å²) >= 11 is 0. The third-order valence-corrected chi connectivity index (χ3v) is 3.90. The van der Waals surface area contributed by atoms with Crippen LogP contribution < -0.4 is 15.4 Å². The first-order valence-corrected chi connectivity index (χ1v) is 7.48. The van der Waals surface area contributed by atoms with E-state index in [1.807, 2.05) is 25.1 Å². The fourth-order valence-corrected chi connectivity index (χ4v) is 2.63. The summed E-state index contributed by atoms with van der Waals surface area (Å²) in [6.07, 6.45) is 3.23. The summed E-state index contributed by atoms with van der Waals surface area (Å²) in [6.45, 7) is 2.02. The monoisotopic (exact) mass is 292 g/mol. The van der Waals surface area contributed by atoms with Crippen molar-refractivity contribution in [2.75, 3.05) is 19.0 Å². The molecular formula is C16H24N2O3. The minimum Gasteiger partial charge on any atom is -0.497 e. The molecule has 1 amide bonds. The van der Waals surface area contributed by atoms with Gasteiger partial charge in [-0.25, -0.2) is 0 Å². The topological polar surface area (TPSA) is 70.6 Å². The van der Waals surface area contributed by atoms with Crippen LogP contribution >= 0.6 is 0 Å². The van der Waals surface area contributed by atoms with Gasteiger partial charge < -0.3 is 20.5 Å². The molecule has 1 aliphatic heterocycles. The Hall–Kier alpha value is -1.75. The molecule has 5 nitrogen and oxygen atoms in total. The maximum absolute atomic E-state index is 12.2. The molecule has 1 aromatic rings. The Morgan fingerprint density at radius 3 is 2.90 bits per heavy atom. The molecule has 2 rings (SSSR count). The number of benzene rings is 1. The second-order valence-corrected chi connectivity index (χ2v) is 5.50. The van der Waals surface area contributed by atoms with Gasteiger partial charge in [0, 0.05) is 18.3 Å². The zero-order chi connectivity index (χ0) is 15.2. The third kappa shape index (κ3) is 4.11. The SMILES string of the molecule is COc1ccc2c(c1)CCC(CCCO)NC(=O)C(C)N2. The molecule has 3 N–H and O–H groups in total. The van der Waals surface area contributed by atoms with Gasteiger partial charge in [-0.2, -0.15) is 0 Å². The Labute approximate surface area is 125 Å². The predicted octanol–water partition coefficient (Wildman–Crippen LogP) is 1.70. The van der Waals surface area contributed by atoms with Crippen LogP contribution in [0.15, 0.2) is 18.2 Å². The number of nitrogens with one attached hydrogen (secondary N) is 2. The van der Waals surface area contributed by atoms with Gasteiger partial charge >= 0.3 is 0 Å². The van der Waals surface area contributed by atoms with Gasteiger partial charge in [0.05, 0.1) is 7.11 Å². The van der Waals surface area contributed by atoms with Crippen LogP contribution in [0.2, 0.25) is 0 Å². The lowest BCUT2D eigenvalue weighted by molar-refractivity contribution is -0.122. The van der Waals surface area contributed by atoms with Crippen molar-refractivity contribution >= 4 is 11.6 Å². The van der Waals surface area contributed by atoms with E-state index in [0.29, 0.717) is 6.42 Å². The van der Waals surface area contributed by atoms with E-state index in [1.54, 1.807) is 7.11 Å². The van der Waals surface area contributed by atoms with E-state index in [1.165, 1.54) is 0 Å². The van der Waals surface area contributed by atoms with E-state index in [2.05, 4.69) is 10.6 Å². The van der Waals surface area contributed by atoms with Gasteiger partial charge in [-0.15, -0.1) is 0 Å². The van der Waals surface area contributed by atoms with E-state index in [-0.39, 0.29) is 24.6 Å². The van der Waals surface area contributed by atoms with Crippen LogP contribution in [0.1, 0.15) is 31.7 Å². The molecule has 116 valence electrons. The van der Waals surface area contributed by atoms with Crippen LogP contribution in [0.25, 0.3) is 0 Å². The number of hydrogen-bond donors (Lipinski definition) is 3. The Morgan fingerprint density at radius 2 is 2.19 bits per heavy atom. The van der Waals surface area contributed by atoms with Crippen LogP contribution in [-0.2, 0) is 11.2 Å². The van der Waals surface area contributed by atoms with E-state index >= 15 is 0 Å². The average Bonchev–Trinajstić information content (AvgIpc) is 2.55. The fourth-order valence-electron chi connectivity index (χ4n) is 2.63. The molecule has 0 aromatic heterocycles. The quantitative estimate of drug-likeness (QED) is 0.790. The highest BCUT2D eigenvalue weighted by molar-refractivity contribution is 5.85. The average molecular weight is 292 g/mol. The van der Waals surface area contributed by atoms with Crippen molar-refractivity contribution in [3.63, 3.8) is 0 Å². The molecular weight excluding hydrogens is 268 g/mol. The van der Waals surface area contributed by atoms with Crippen LogP contribution in [-0.4, -0.2) is 36.8 Å². The molecule has 2 unspecified atom stereocenters. The molecule has 0 spiro atoms. The van der Waals surface area contributed by atoms with E-state index in [9.17, 15) is 4.79 Å². The summed E-state index contributed by atoms with van der Waals surface area (Å²) in [7, 11) is 1.65. The zero-order valence-corrected chi connectivity index (χ0v) is 12.7. The van der Waals surface area contributed by atoms with Crippen molar-refractivity contribution in [2.24, 2.45) is 0 Å². The molecule has 1 aromatic carbocycles. The van der Waals surface area contributed by atoms with Crippen molar-refractivity contribution in [2.45, 2.75) is 44.7 Å². The number of aliphatic hydroxyl groups is 1. The molecule has 1 heterocycles. The Bertz CT molecular complexity index is 490. The number of aryl methyl sites for hydroxylation is 1. The van der Waals surface area contributed by atoms with Gasteiger partial charge in [0.25, 0.3) is 0 Å². The molecule has 0 fully saturated rings. The van der Waals surface area contributed by atoms with Crippen molar-refractivity contribution in [1.82, 2.24) is 5.32 Å². The predicted molar refractivity (Wildman–Crippen MR) is 82.7 cm³/mol. The highest BCUT2D eigenvalue weighted by atomic mass is 16.5. The minimum absolute atomic E-state index is 0.00149. The largest absolute Gasteiger partial charge is 0.497 e. The lowest BCUT2D eigenvalue weighted by atomic mass is 10.0. The molecule has 0 aliphatic carbocycles. The van der Waals surface area contributed by atoms with Gasteiger partial charge in [-0.3, -0.25) is 4.79 Å². The van der Waals surface area contributed by atoms with Crippen molar-refractivity contribution in [3.8, 4) is 5.75 Å². The second kappa shape index (κ2) is 7.31. The number of anilines is 1. The van der Waals surface area contributed by atoms with Crippen LogP contribution in [0, 0.1) is 0 Å². The Kier molecular flexibility index (Phi) is 5.44. The number of aliphatic hydroxyl groups excluding tert-OH is 1. The number of carbonyl (C=O) groups is 1. The van der Waals surface area contributed by atoms with Crippen LogP contribution in [0.5, 0.6) is 5.75 Å². The smallest absolute Gasteiger partial charge is 0.242 e. The molecule has 0 radical (unpaired) electrons. The number of carbonyl (C=O) groups excluding carboxylic acids is 1. The normalized spacial score (nSPS) is 22.1. The molecule has 2 atom stereocenters. The minimum atomic E-state index is -0.285. The maximum Gasteiger partial charge on any atom is 0.242 e. The maximum atomic E-state index is 12.2.